The number of benzene rings is 3. The molecule has 3 aromatic carbocycles. The van der Waals surface area contributed by atoms with Crippen LogP contribution in [0.4, 0.5) is 5.69 Å². The van der Waals surface area contributed by atoms with Gasteiger partial charge in [0.05, 0.1) is 10.6 Å². The van der Waals surface area contributed by atoms with Gasteiger partial charge in [0.1, 0.15) is 12.6 Å². The maximum absolute atomic E-state index is 14.2. The lowest BCUT2D eigenvalue weighted by Crippen LogP contribution is -2.52. The Balaban J connectivity index is 2.07. The molecule has 1 N–H and O–H groups in total. The van der Waals surface area contributed by atoms with E-state index in [0.29, 0.717) is 29.2 Å². The zero-order valence-electron chi connectivity index (χ0n) is 24.5. The van der Waals surface area contributed by atoms with Crippen LogP contribution in [0.25, 0.3) is 0 Å². The molecule has 0 aliphatic heterocycles. The molecule has 41 heavy (non-hydrogen) atoms. The summed E-state index contributed by atoms with van der Waals surface area (Å²) >= 11 is 6.30. The third-order valence-electron chi connectivity index (χ3n) is 7.02. The van der Waals surface area contributed by atoms with Gasteiger partial charge in [-0.2, -0.15) is 0 Å². The van der Waals surface area contributed by atoms with Crippen molar-refractivity contribution in [3.63, 3.8) is 0 Å². The number of carbonyl (C=O) groups is 2. The third-order valence-corrected chi connectivity index (χ3v) is 9.03. The van der Waals surface area contributed by atoms with Crippen molar-refractivity contribution in [3.05, 3.63) is 94.0 Å². The molecule has 220 valence electrons. The summed E-state index contributed by atoms with van der Waals surface area (Å²) in [6.45, 7) is 9.68. The van der Waals surface area contributed by atoms with Crippen LogP contribution in [0.1, 0.15) is 55.4 Å². The first kappa shape index (κ1) is 32.2. The van der Waals surface area contributed by atoms with E-state index in [2.05, 4.69) is 5.32 Å². The van der Waals surface area contributed by atoms with E-state index in [0.717, 1.165) is 33.8 Å². The van der Waals surface area contributed by atoms with Crippen molar-refractivity contribution in [2.24, 2.45) is 0 Å². The number of hydrogen-bond donors (Lipinski definition) is 1. The van der Waals surface area contributed by atoms with Gasteiger partial charge in [-0.1, -0.05) is 85.5 Å². The second kappa shape index (κ2) is 14.5. The number of rotatable bonds is 13. The zero-order chi connectivity index (χ0) is 30.2. The summed E-state index contributed by atoms with van der Waals surface area (Å²) in [5.41, 5.74) is 3.78. The molecule has 1 atom stereocenters. The van der Waals surface area contributed by atoms with Crippen LogP contribution in [0.2, 0.25) is 5.02 Å². The average Bonchev–Trinajstić information content (AvgIpc) is 2.94. The molecule has 0 fully saturated rings. The lowest BCUT2D eigenvalue weighted by molar-refractivity contribution is -0.140. The van der Waals surface area contributed by atoms with Crippen molar-refractivity contribution in [3.8, 4) is 0 Å². The SMILES string of the molecule is CCCCNC(=O)[C@@H](CC)N(Cc1ccc(C)cc1)C(=O)CN(c1cc(Cl)ccc1C)S(=O)(=O)c1ccc(C)cc1. The van der Waals surface area contributed by atoms with Gasteiger partial charge < -0.3 is 10.2 Å². The molecule has 0 spiro atoms. The molecule has 2 amide bonds. The minimum atomic E-state index is -4.16. The Bertz CT molecular complexity index is 1440. The number of nitrogens with one attached hydrogen (secondary N) is 1. The monoisotopic (exact) mass is 597 g/mol. The average molecular weight is 598 g/mol. The van der Waals surface area contributed by atoms with Crippen LogP contribution in [0, 0.1) is 20.8 Å². The van der Waals surface area contributed by atoms with E-state index in [1.165, 1.54) is 17.0 Å². The fourth-order valence-electron chi connectivity index (χ4n) is 4.52. The molecule has 0 heterocycles. The Labute approximate surface area is 249 Å². The zero-order valence-corrected chi connectivity index (χ0v) is 26.1. The molecule has 0 saturated carbocycles. The summed E-state index contributed by atoms with van der Waals surface area (Å²) in [6.07, 6.45) is 2.12. The van der Waals surface area contributed by atoms with Gasteiger partial charge in [0.15, 0.2) is 0 Å². The number of hydrogen-bond acceptors (Lipinski definition) is 4. The molecule has 0 bridgehead atoms. The normalized spacial score (nSPS) is 12.0. The van der Waals surface area contributed by atoms with E-state index in [9.17, 15) is 18.0 Å². The maximum atomic E-state index is 14.2. The lowest BCUT2D eigenvalue weighted by Gasteiger charge is -2.33. The molecule has 0 saturated heterocycles. The summed E-state index contributed by atoms with van der Waals surface area (Å²) in [5, 5.41) is 3.29. The Hall–Kier alpha value is -3.36. The number of sulfonamides is 1. The first-order valence-electron chi connectivity index (χ1n) is 14.0. The van der Waals surface area contributed by atoms with Crippen molar-refractivity contribution in [2.45, 2.75) is 71.4 Å². The highest BCUT2D eigenvalue weighted by Gasteiger charge is 2.34. The van der Waals surface area contributed by atoms with Gasteiger partial charge in [0.2, 0.25) is 11.8 Å². The van der Waals surface area contributed by atoms with E-state index < -0.39 is 28.5 Å². The number of nitrogens with zero attached hydrogens (tertiary/aromatic N) is 2. The quantitative estimate of drug-likeness (QED) is 0.238. The number of unbranched alkanes of at least 4 members (excludes halogenated alkanes) is 1. The van der Waals surface area contributed by atoms with Crippen LogP contribution in [0.3, 0.4) is 0 Å². The Morgan fingerprint density at radius 2 is 1.51 bits per heavy atom. The topological polar surface area (TPSA) is 86.8 Å². The summed E-state index contributed by atoms with van der Waals surface area (Å²) in [6, 6.07) is 18.4. The molecule has 0 aliphatic rings. The summed E-state index contributed by atoms with van der Waals surface area (Å²) in [4.78, 5) is 29.0. The van der Waals surface area contributed by atoms with Gasteiger partial charge in [-0.15, -0.1) is 0 Å². The van der Waals surface area contributed by atoms with E-state index >= 15 is 0 Å². The van der Waals surface area contributed by atoms with Crippen molar-refractivity contribution in [2.75, 3.05) is 17.4 Å². The molecule has 0 radical (unpaired) electrons. The molecular weight excluding hydrogens is 558 g/mol. The Kier molecular flexibility index (Phi) is 11.4. The number of halogens is 1. The van der Waals surface area contributed by atoms with Crippen molar-refractivity contribution in [1.29, 1.82) is 0 Å². The number of anilines is 1. The van der Waals surface area contributed by atoms with Crippen LogP contribution < -0.4 is 9.62 Å². The van der Waals surface area contributed by atoms with E-state index in [1.807, 2.05) is 52.0 Å². The molecular formula is C32H40ClN3O4S. The first-order chi connectivity index (χ1) is 19.5. The summed E-state index contributed by atoms with van der Waals surface area (Å²) in [5.74, 6) is -0.744. The second-order valence-corrected chi connectivity index (χ2v) is 12.6. The summed E-state index contributed by atoms with van der Waals surface area (Å²) < 4.78 is 29.2. The first-order valence-corrected chi connectivity index (χ1v) is 15.8. The number of amides is 2. The molecule has 9 heteroatoms. The number of aryl methyl sites for hydroxylation is 3. The van der Waals surface area contributed by atoms with Gasteiger partial charge in [0, 0.05) is 18.1 Å². The highest BCUT2D eigenvalue weighted by Crippen LogP contribution is 2.30. The van der Waals surface area contributed by atoms with Gasteiger partial charge in [-0.25, -0.2) is 8.42 Å². The maximum Gasteiger partial charge on any atom is 0.264 e. The van der Waals surface area contributed by atoms with Gasteiger partial charge in [-0.05, 0) is 69.0 Å². The largest absolute Gasteiger partial charge is 0.354 e. The van der Waals surface area contributed by atoms with E-state index in [4.69, 9.17) is 11.6 Å². The molecule has 0 aromatic heterocycles. The highest BCUT2D eigenvalue weighted by molar-refractivity contribution is 7.92. The standard InChI is InChI=1S/C32H40ClN3O4S/c1-6-8-19-34-32(38)29(7-2)35(21-26-14-9-23(3)10-15-26)31(37)22-36(30-20-27(33)16-13-25(30)5)41(39,40)28-17-11-24(4)12-18-28/h9-18,20,29H,6-8,19,21-22H2,1-5H3,(H,34,38)/t29-/m1/s1. The molecule has 0 unspecified atom stereocenters. The fraction of sp³-hybridized carbons (Fsp3) is 0.375. The molecule has 0 aliphatic carbocycles. The molecule has 7 nitrogen and oxygen atoms in total. The minimum Gasteiger partial charge on any atom is -0.354 e. The van der Waals surface area contributed by atoms with Crippen molar-refractivity contribution in [1.82, 2.24) is 10.2 Å². The van der Waals surface area contributed by atoms with Crippen LogP contribution in [-0.4, -0.2) is 44.3 Å². The Morgan fingerprint density at radius 1 is 0.902 bits per heavy atom. The van der Waals surface area contributed by atoms with Crippen LogP contribution in [0.15, 0.2) is 71.6 Å². The number of carbonyl (C=O) groups excluding carboxylic acids is 2. The predicted octanol–water partition coefficient (Wildman–Crippen LogP) is 6.18. The van der Waals surface area contributed by atoms with Gasteiger partial charge in [0.25, 0.3) is 10.0 Å². The Morgan fingerprint density at radius 3 is 2.10 bits per heavy atom. The highest BCUT2D eigenvalue weighted by atomic mass is 35.5. The van der Waals surface area contributed by atoms with E-state index in [-0.39, 0.29) is 17.3 Å². The van der Waals surface area contributed by atoms with Crippen molar-refractivity contribution >= 4 is 39.1 Å². The fourth-order valence-corrected chi connectivity index (χ4v) is 6.15. The van der Waals surface area contributed by atoms with Crippen LogP contribution >= 0.6 is 11.6 Å². The minimum absolute atomic E-state index is 0.0599. The van der Waals surface area contributed by atoms with Crippen LogP contribution in [-0.2, 0) is 26.2 Å². The lowest BCUT2D eigenvalue weighted by atomic mass is 10.1. The van der Waals surface area contributed by atoms with Gasteiger partial charge in [-0.3, -0.25) is 13.9 Å². The molecule has 3 aromatic rings. The second-order valence-electron chi connectivity index (χ2n) is 10.3. The summed E-state index contributed by atoms with van der Waals surface area (Å²) in [7, 11) is -4.16. The third kappa shape index (κ3) is 8.33. The smallest absolute Gasteiger partial charge is 0.264 e. The van der Waals surface area contributed by atoms with Crippen molar-refractivity contribution < 1.29 is 18.0 Å². The van der Waals surface area contributed by atoms with E-state index in [1.54, 1.807) is 37.3 Å². The predicted molar refractivity (Wildman–Crippen MR) is 166 cm³/mol. The van der Waals surface area contributed by atoms with Crippen LogP contribution in [0.5, 0.6) is 0 Å². The van der Waals surface area contributed by atoms with Gasteiger partial charge >= 0.3 is 0 Å². The molecule has 3 rings (SSSR count).